The quantitative estimate of drug-likeness (QED) is 0.760. The van der Waals surface area contributed by atoms with Gasteiger partial charge in [-0.25, -0.2) is 8.78 Å². The van der Waals surface area contributed by atoms with E-state index in [0.717, 1.165) is 12.5 Å². The summed E-state index contributed by atoms with van der Waals surface area (Å²) in [6.45, 7) is 4.34. The van der Waals surface area contributed by atoms with Crippen LogP contribution in [0.15, 0.2) is 12.1 Å². The molecule has 0 N–H and O–H groups in total. The molecule has 5 heteroatoms. The molecule has 1 rings (SSSR count). The van der Waals surface area contributed by atoms with E-state index < -0.39 is 23.1 Å². The van der Waals surface area contributed by atoms with Crippen molar-refractivity contribution in [2.24, 2.45) is 0 Å². The molecule has 0 saturated carbocycles. The number of hydrogen-bond acceptors (Lipinski definition) is 1. The fourth-order valence-electron chi connectivity index (χ4n) is 1.70. The van der Waals surface area contributed by atoms with Crippen LogP contribution in [0.5, 0.6) is 0 Å². The third kappa shape index (κ3) is 3.28. The van der Waals surface area contributed by atoms with Crippen molar-refractivity contribution in [1.29, 1.82) is 0 Å². The van der Waals surface area contributed by atoms with E-state index >= 15 is 0 Å². The van der Waals surface area contributed by atoms with E-state index in [9.17, 15) is 13.6 Å². The largest absolute Gasteiger partial charge is 0.338 e. The molecule has 0 heterocycles. The molecule has 0 aliphatic heterocycles. The molecule has 0 saturated heterocycles. The predicted molar refractivity (Wildman–Crippen MR) is 71.1 cm³/mol. The van der Waals surface area contributed by atoms with E-state index in [4.69, 9.17) is 0 Å². The van der Waals surface area contributed by atoms with E-state index in [1.165, 1.54) is 17.9 Å². The lowest BCUT2D eigenvalue weighted by Crippen LogP contribution is -2.34. The van der Waals surface area contributed by atoms with Crippen LogP contribution in [0.1, 0.15) is 29.3 Å². The zero-order valence-corrected chi connectivity index (χ0v) is 12.1. The number of carbonyl (C=O) groups is 1. The van der Waals surface area contributed by atoms with Gasteiger partial charge < -0.3 is 4.90 Å². The summed E-state index contributed by atoms with van der Waals surface area (Å²) in [5.74, 6) is -2.16. The number of nitrogens with zero attached hydrogens (tertiary/aromatic N) is 1. The second kappa shape index (κ2) is 6.83. The number of aryl methyl sites for hydroxylation is 1. The average Bonchev–Trinajstić information content (AvgIpc) is 2.34. The third-order valence-electron chi connectivity index (χ3n) is 2.63. The Hall–Kier alpha value is -0.970. The fraction of sp³-hybridized carbons (Fsp3) is 0.462. The highest BCUT2D eigenvalue weighted by Crippen LogP contribution is 2.18. The molecule has 0 radical (unpaired) electrons. The minimum atomic E-state index is -0.807. The lowest BCUT2D eigenvalue weighted by Gasteiger charge is -2.21. The van der Waals surface area contributed by atoms with Crippen molar-refractivity contribution in [3.05, 3.63) is 34.9 Å². The van der Waals surface area contributed by atoms with Gasteiger partial charge in [-0.1, -0.05) is 28.9 Å². The molecule has 0 atom stereocenters. The van der Waals surface area contributed by atoms with Crippen molar-refractivity contribution >= 4 is 21.8 Å². The van der Waals surface area contributed by atoms with Crippen molar-refractivity contribution in [1.82, 2.24) is 4.90 Å². The zero-order chi connectivity index (χ0) is 13.7. The van der Waals surface area contributed by atoms with Gasteiger partial charge in [0.15, 0.2) is 0 Å². The average molecular weight is 320 g/mol. The van der Waals surface area contributed by atoms with Crippen LogP contribution in [0.2, 0.25) is 0 Å². The summed E-state index contributed by atoms with van der Waals surface area (Å²) >= 11 is 3.23. The van der Waals surface area contributed by atoms with Crippen molar-refractivity contribution in [2.75, 3.05) is 18.4 Å². The summed E-state index contributed by atoms with van der Waals surface area (Å²) in [5, 5.41) is 0.577. The third-order valence-corrected chi connectivity index (χ3v) is 2.99. The molecule has 1 amide bonds. The van der Waals surface area contributed by atoms with Gasteiger partial charge >= 0.3 is 0 Å². The molecule has 2 nitrogen and oxygen atoms in total. The van der Waals surface area contributed by atoms with Crippen LogP contribution < -0.4 is 0 Å². The maximum absolute atomic E-state index is 13.9. The summed E-state index contributed by atoms with van der Waals surface area (Å²) in [4.78, 5) is 13.6. The van der Waals surface area contributed by atoms with Crippen LogP contribution in [0.25, 0.3) is 0 Å². The van der Waals surface area contributed by atoms with Gasteiger partial charge in [0, 0.05) is 18.4 Å². The summed E-state index contributed by atoms with van der Waals surface area (Å²) in [7, 11) is 0. The van der Waals surface area contributed by atoms with Gasteiger partial charge in [0.05, 0.1) is 0 Å². The van der Waals surface area contributed by atoms with Gasteiger partial charge in [-0.2, -0.15) is 0 Å². The van der Waals surface area contributed by atoms with Crippen molar-refractivity contribution in [3.63, 3.8) is 0 Å². The first kappa shape index (κ1) is 15.1. The number of hydrogen-bond donors (Lipinski definition) is 0. The second-order valence-corrected chi connectivity index (χ2v) is 4.83. The van der Waals surface area contributed by atoms with Crippen LogP contribution in [-0.4, -0.2) is 29.2 Å². The fourth-order valence-corrected chi connectivity index (χ4v) is 2.13. The van der Waals surface area contributed by atoms with Crippen molar-refractivity contribution in [3.8, 4) is 0 Å². The maximum Gasteiger partial charge on any atom is 0.259 e. The molecule has 100 valence electrons. The lowest BCUT2D eigenvalue weighted by atomic mass is 10.1. The van der Waals surface area contributed by atoms with Crippen LogP contribution in [0.3, 0.4) is 0 Å². The topological polar surface area (TPSA) is 20.3 Å². The number of benzene rings is 1. The van der Waals surface area contributed by atoms with E-state index in [-0.39, 0.29) is 5.56 Å². The summed E-state index contributed by atoms with van der Waals surface area (Å²) in [6, 6.07) is 2.46. The van der Waals surface area contributed by atoms with E-state index in [1.807, 2.05) is 6.92 Å². The molecule has 0 aliphatic carbocycles. The van der Waals surface area contributed by atoms with Gasteiger partial charge in [0.25, 0.3) is 5.91 Å². The number of carbonyl (C=O) groups excluding carboxylic acids is 1. The molecule has 0 fully saturated rings. The van der Waals surface area contributed by atoms with Crippen LogP contribution >= 0.6 is 15.9 Å². The zero-order valence-electron chi connectivity index (χ0n) is 10.5. The maximum atomic E-state index is 13.9. The predicted octanol–water partition coefficient (Wildman–Crippen LogP) is 3.52. The standard InChI is InChI=1S/C13H16BrF2NO/c1-3-7-17(8-6-14)13(18)11-10(15)5-4-9(2)12(11)16/h4-5H,3,6-8H2,1-2H3. The normalized spacial score (nSPS) is 10.5. The summed E-state index contributed by atoms with van der Waals surface area (Å²) in [5.41, 5.74) is -0.181. The van der Waals surface area contributed by atoms with Crippen molar-refractivity contribution < 1.29 is 13.6 Å². The summed E-state index contributed by atoms with van der Waals surface area (Å²) in [6.07, 6.45) is 0.744. The Labute approximate surface area is 114 Å². The second-order valence-electron chi connectivity index (χ2n) is 4.03. The summed E-state index contributed by atoms with van der Waals surface area (Å²) < 4.78 is 27.5. The first-order valence-electron chi connectivity index (χ1n) is 5.82. The number of rotatable bonds is 5. The molecule has 0 unspecified atom stereocenters. The molecular formula is C13H16BrF2NO. The molecule has 1 aromatic rings. The van der Waals surface area contributed by atoms with Crippen LogP contribution in [0, 0.1) is 18.6 Å². The van der Waals surface area contributed by atoms with E-state index in [2.05, 4.69) is 15.9 Å². The van der Waals surface area contributed by atoms with Crippen molar-refractivity contribution in [2.45, 2.75) is 20.3 Å². The SMILES string of the molecule is CCCN(CCBr)C(=O)c1c(F)ccc(C)c1F. The Morgan fingerprint density at radius 1 is 1.33 bits per heavy atom. The van der Waals surface area contributed by atoms with Gasteiger partial charge in [0.1, 0.15) is 17.2 Å². The molecule has 0 aromatic heterocycles. The molecule has 0 spiro atoms. The lowest BCUT2D eigenvalue weighted by molar-refractivity contribution is 0.0756. The number of alkyl halides is 1. The molecular weight excluding hydrogens is 304 g/mol. The van der Waals surface area contributed by atoms with Gasteiger partial charge in [-0.3, -0.25) is 4.79 Å². The Morgan fingerprint density at radius 2 is 2.00 bits per heavy atom. The molecule has 1 aromatic carbocycles. The highest BCUT2D eigenvalue weighted by Gasteiger charge is 2.23. The Kier molecular flexibility index (Phi) is 5.72. The highest BCUT2D eigenvalue weighted by atomic mass is 79.9. The molecule has 18 heavy (non-hydrogen) atoms. The smallest absolute Gasteiger partial charge is 0.259 e. The first-order chi connectivity index (χ1) is 8.52. The first-order valence-corrected chi connectivity index (χ1v) is 6.94. The Morgan fingerprint density at radius 3 is 2.56 bits per heavy atom. The van der Waals surface area contributed by atoms with Crippen LogP contribution in [-0.2, 0) is 0 Å². The van der Waals surface area contributed by atoms with Crippen LogP contribution in [0.4, 0.5) is 8.78 Å². The number of amides is 1. The molecule has 0 bridgehead atoms. The Bertz CT molecular complexity index is 431. The number of halogens is 3. The Balaban J connectivity index is 3.11. The van der Waals surface area contributed by atoms with Gasteiger partial charge in [-0.15, -0.1) is 0 Å². The monoisotopic (exact) mass is 319 g/mol. The minimum Gasteiger partial charge on any atom is -0.338 e. The minimum absolute atomic E-state index is 0.273. The van der Waals surface area contributed by atoms with E-state index in [1.54, 1.807) is 0 Å². The van der Waals surface area contributed by atoms with Gasteiger partial charge in [-0.05, 0) is 25.0 Å². The highest BCUT2D eigenvalue weighted by molar-refractivity contribution is 9.09. The van der Waals surface area contributed by atoms with E-state index in [0.29, 0.717) is 18.4 Å². The molecule has 0 aliphatic rings. The van der Waals surface area contributed by atoms with Gasteiger partial charge in [0.2, 0.25) is 0 Å².